The van der Waals surface area contributed by atoms with Gasteiger partial charge in [-0.1, -0.05) is 6.92 Å². The fraction of sp³-hybridized carbons (Fsp3) is 0.692. The fourth-order valence-electron chi connectivity index (χ4n) is 1.58. The van der Waals surface area contributed by atoms with E-state index in [0.29, 0.717) is 12.6 Å². The van der Waals surface area contributed by atoms with Gasteiger partial charge >= 0.3 is 0 Å². The van der Waals surface area contributed by atoms with Crippen molar-refractivity contribution in [1.29, 1.82) is 0 Å². The summed E-state index contributed by atoms with van der Waals surface area (Å²) in [6.45, 7) is 8.99. The quantitative estimate of drug-likeness (QED) is 0.715. The van der Waals surface area contributed by atoms with Crippen LogP contribution < -0.4 is 10.0 Å². The van der Waals surface area contributed by atoms with E-state index in [1.165, 1.54) is 12.4 Å². The molecule has 1 heterocycles. The first kappa shape index (κ1) is 17.8. The number of ether oxygens (including phenoxy) is 1. The van der Waals surface area contributed by atoms with Crippen molar-refractivity contribution in [3.63, 3.8) is 0 Å². The van der Waals surface area contributed by atoms with Gasteiger partial charge in [-0.3, -0.25) is 0 Å². The molecule has 7 nitrogen and oxygen atoms in total. The highest BCUT2D eigenvalue weighted by Crippen LogP contribution is 2.11. The first-order valence-electron chi connectivity index (χ1n) is 7.00. The summed E-state index contributed by atoms with van der Waals surface area (Å²) in [5.41, 5.74) is -0.564. The molecule has 0 aliphatic carbocycles. The Kier molecular flexibility index (Phi) is 6.50. The van der Waals surface area contributed by atoms with Gasteiger partial charge in [0.25, 0.3) is 0 Å². The highest BCUT2D eigenvalue weighted by molar-refractivity contribution is 7.89. The molecule has 0 radical (unpaired) electrons. The van der Waals surface area contributed by atoms with Gasteiger partial charge in [-0.2, -0.15) is 0 Å². The first-order chi connectivity index (χ1) is 9.80. The van der Waals surface area contributed by atoms with Gasteiger partial charge in [0.15, 0.2) is 0 Å². The lowest BCUT2D eigenvalue weighted by atomic mass is 10.1. The Bertz CT molecular complexity index is 529. The summed E-state index contributed by atoms with van der Waals surface area (Å²) >= 11 is 0. The molecule has 0 atom stereocenters. The Morgan fingerprint density at radius 3 is 2.38 bits per heavy atom. The molecule has 0 saturated heterocycles. The SMILES string of the molecule is CCCNc1ncc(S(=O)(=O)NCC(C)(C)OCC)cn1. The average Bonchev–Trinajstić information content (AvgIpc) is 2.44. The summed E-state index contributed by atoms with van der Waals surface area (Å²) in [4.78, 5) is 8.02. The highest BCUT2D eigenvalue weighted by Gasteiger charge is 2.23. The number of rotatable bonds is 9. The molecule has 8 heteroatoms. The molecule has 0 bridgehead atoms. The van der Waals surface area contributed by atoms with Crippen molar-refractivity contribution >= 4 is 16.0 Å². The molecule has 0 spiro atoms. The molecule has 2 N–H and O–H groups in total. The van der Waals surface area contributed by atoms with Gasteiger partial charge in [0.2, 0.25) is 16.0 Å². The molecule has 0 aliphatic heterocycles. The molecular formula is C13H24N4O3S. The molecule has 1 rings (SSSR count). The fourth-order valence-corrected chi connectivity index (χ4v) is 2.66. The molecule has 0 aliphatic rings. The maximum Gasteiger partial charge on any atom is 0.243 e. The summed E-state index contributed by atoms with van der Waals surface area (Å²) in [5.74, 6) is 0.422. The maximum absolute atomic E-state index is 12.1. The Labute approximate surface area is 126 Å². The zero-order valence-corrected chi connectivity index (χ0v) is 13.8. The third kappa shape index (κ3) is 5.94. The maximum atomic E-state index is 12.1. The van der Waals surface area contributed by atoms with E-state index in [9.17, 15) is 8.42 Å². The number of aromatic nitrogens is 2. The number of nitrogens with zero attached hydrogens (tertiary/aromatic N) is 2. The summed E-state index contributed by atoms with van der Waals surface area (Å²) < 4.78 is 32.2. The molecule has 0 aromatic carbocycles. The van der Waals surface area contributed by atoms with E-state index in [1.807, 2.05) is 27.7 Å². The normalized spacial score (nSPS) is 12.4. The molecular weight excluding hydrogens is 292 g/mol. The number of hydrogen-bond donors (Lipinski definition) is 2. The van der Waals surface area contributed by atoms with Crippen molar-refractivity contribution in [3.8, 4) is 0 Å². The van der Waals surface area contributed by atoms with Crippen molar-refractivity contribution in [2.75, 3.05) is 25.0 Å². The molecule has 1 aromatic rings. The van der Waals surface area contributed by atoms with E-state index in [1.54, 1.807) is 0 Å². The number of nitrogens with one attached hydrogen (secondary N) is 2. The van der Waals surface area contributed by atoms with Crippen LogP contribution in [0.1, 0.15) is 34.1 Å². The summed E-state index contributed by atoms with van der Waals surface area (Å²) in [6.07, 6.45) is 3.53. The van der Waals surface area contributed by atoms with E-state index in [-0.39, 0.29) is 11.4 Å². The monoisotopic (exact) mass is 316 g/mol. The third-order valence-corrected chi connectivity index (χ3v) is 4.05. The van der Waals surface area contributed by atoms with Crippen LogP contribution in [0.4, 0.5) is 5.95 Å². The molecule has 120 valence electrons. The standard InChI is InChI=1S/C13H24N4O3S/c1-5-7-14-12-15-8-11(9-16-12)21(18,19)17-10-13(3,4)20-6-2/h8-9,17H,5-7,10H2,1-4H3,(H,14,15,16). The summed E-state index contributed by atoms with van der Waals surface area (Å²) in [5, 5.41) is 2.99. The van der Waals surface area contributed by atoms with E-state index >= 15 is 0 Å². The largest absolute Gasteiger partial charge is 0.375 e. The van der Waals surface area contributed by atoms with Crippen LogP contribution in [0.15, 0.2) is 17.3 Å². The second-order valence-electron chi connectivity index (χ2n) is 5.19. The Morgan fingerprint density at radius 2 is 1.86 bits per heavy atom. The van der Waals surface area contributed by atoms with Crippen LogP contribution in [0, 0.1) is 0 Å². The van der Waals surface area contributed by atoms with Gasteiger partial charge in [0.05, 0.1) is 18.0 Å². The van der Waals surface area contributed by atoms with Gasteiger partial charge in [-0.05, 0) is 27.2 Å². The van der Waals surface area contributed by atoms with Crippen molar-refractivity contribution in [1.82, 2.24) is 14.7 Å². The predicted octanol–water partition coefficient (Wildman–Crippen LogP) is 1.39. The topological polar surface area (TPSA) is 93.2 Å². The highest BCUT2D eigenvalue weighted by atomic mass is 32.2. The molecule has 0 fully saturated rings. The summed E-state index contributed by atoms with van der Waals surface area (Å²) in [7, 11) is -3.63. The Morgan fingerprint density at radius 1 is 1.24 bits per heavy atom. The van der Waals surface area contributed by atoms with Crippen LogP contribution in [0.3, 0.4) is 0 Å². The van der Waals surface area contributed by atoms with Crippen molar-refractivity contribution in [3.05, 3.63) is 12.4 Å². The lowest BCUT2D eigenvalue weighted by molar-refractivity contribution is -0.00515. The zero-order chi connectivity index (χ0) is 15.9. The molecule has 21 heavy (non-hydrogen) atoms. The zero-order valence-electron chi connectivity index (χ0n) is 13.0. The van der Waals surface area contributed by atoms with Crippen molar-refractivity contribution in [2.45, 2.75) is 44.6 Å². The second-order valence-corrected chi connectivity index (χ2v) is 6.95. The molecule has 0 saturated carbocycles. The molecule has 0 amide bonds. The number of hydrogen-bond acceptors (Lipinski definition) is 6. The third-order valence-electron chi connectivity index (χ3n) is 2.69. The minimum Gasteiger partial charge on any atom is -0.375 e. The number of sulfonamides is 1. The van der Waals surface area contributed by atoms with Crippen LogP contribution in [0.25, 0.3) is 0 Å². The van der Waals surface area contributed by atoms with Crippen molar-refractivity contribution < 1.29 is 13.2 Å². The van der Waals surface area contributed by atoms with Gasteiger partial charge < -0.3 is 10.1 Å². The van der Waals surface area contributed by atoms with Gasteiger partial charge in [-0.15, -0.1) is 0 Å². The summed E-state index contributed by atoms with van der Waals surface area (Å²) in [6, 6.07) is 0. The minimum absolute atomic E-state index is 0.0387. The number of anilines is 1. The van der Waals surface area contributed by atoms with Crippen LogP contribution in [0.2, 0.25) is 0 Å². The van der Waals surface area contributed by atoms with Gasteiger partial charge in [0, 0.05) is 19.7 Å². The second kappa shape index (κ2) is 7.67. The van der Waals surface area contributed by atoms with Crippen LogP contribution >= 0.6 is 0 Å². The minimum atomic E-state index is -3.63. The van der Waals surface area contributed by atoms with E-state index in [2.05, 4.69) is 20.0 Å². The van der Waals surface area contributed by atoms with E-state index in [4.69, 9.17) is 4.74 Å². The smallest absolute Gasteiger partial charge is 0.243 e. The van der Waals surface area contributed by atoms with Crippen LogP contribution in [-0.2, 0) is 14.8 Å². The molecule has 1 aromatic heterocycles. The van der Waals surface area contributed by atoms with Crippen LogP contribution in [-0.4, -0.2) is 43.7 Å². The predicted molar refractivity (Wildman–Crippen MR) is 81.7 cm³/mol. The van der Waals surface area contributed by atoms with Crippen molar-refractivity contribution in [2.24, 2.45) is 0 Å². The lowest BCUT2D eigenvalue weighted by Gasteiger charge is -2.24. The van der Waals surface area contributed by atoms with Gasteiger partial charge in [0.1, 0.15) is 4.90 Å². The average molecular weight is 316 g/mol. The van der Waals surface area contributed by atoms with E-state index < -0.39 is 15.6 Å². The van der Waals surface area contributed by atoms with Gasteiger partial charge in [-0.25, -0.2) is 23.1 Å². The van der Waals surface area contributed by atoms with Crippen LogP contribution in [0.5, 0.6) is 0 Å². The Hall–Kier alpha value is -1.25. The lowest BCUT2D eigenvalue weighted by Crippen LogP contribution is -2.40. The Balaban J connectivity index is 2.70. The first-order valence-corrected chi connectivity index (χ1v) is 8.48. The van der Waals surface area contributed by atoms with E-state index in [0.717, 1.165) is 13.0 Å². The molecule has 0 unspecified atom stereocenters.